The first kappa shape index (κ1) is 18.9. The predicted molar refractivity (Wildman–Crippen MR) is 109 cm³/mol. The third-order valence-electron chi connectivity index (χ3n) is 5.31. The van der Waals surface area contributed by atoms with E-state index in [2.05, 4.69) is 27.0 Å². The SMILES string of the molecule is N#CC1(CNc2cccc(-c3cc(NC4CNC4)ncc3Cl)n2)CCOCC1. The molecular formula is C20H23ClN6O. The standard InChI is InChI=1S/C20H23ClN6O/c21-16-11-24-19(26-14-9-23-10-14)8-15(16)17-2-1-3-18(27-17)25-13-20(12-22)4-6-28-7-5-20/h1-3,8,11,14,23H,4-7,9-10,13H2,(H,24,26)(H,25,27). The van der Waals surface area contributed by atoms with Gasteiger partial charge in [0.2, 0.25) is 0 Å². The second-order valence-electron chi connectivity index (χ2n) is 7.32. The van der Waals surface area contributed by atoms with Crippen LogP contribution in [0.5, 0.6) is 0 Å². The van der Waals surface area contributed by atoms with Crippen molar-refractivity contribution in [2.24, 2.45) is 5.41 Å². The van der Waals surface area contributed by atoms with Crippen molar-refractivity contribution < 1.29 is 4.74 Å². The van der Waals surface area contributed by atoms with Crippen molar-refractivity contribution in [1.29, 1.82) is 5.26 Å². The highest BCUT2D eigenvalue weighted by atomic mass is 35.5. The average Bonchev–Trinajstić information content (AvgIpc) is 2.71. The van der Waals surface area contributed by atoms with Crippen molar-refractivity contribution in [2.45, 2.75) is 18.9 Å². The maximum atomic E-state index is 9.61. The molecule has 8 heteroatoms. The fourth-order valence-corrected chi connectivity index (χ4v) is 3.55. The minimum absolute atomic E-state index is 0.393. The number of hydrogen-bond acceptors (Lipinski definition) is 7. The molecule has 2 fully saturated rings. The van der Waals surface area contributed by atoms with Crippen molar-refractivity contribution in [2.75, 3.05) is 43.5 Å². The van der Waals surface area contributed by atoms with Gasteiger partial charge in [0.15, 0.2) is 0 Å². The zero-order chi connectivity index (χ0) is 19.4. The van der Waals surface area contributed by atoms with Crippen LogP contribution in [0.3, 0.4) is 0 Å². The van der Waals surface area contributed by atoms with Crippen LogP contribution in [0.1, 0.15) is 12.8 Å². The summed E-state index contributed by atoms with van der Waals surface area (Å²) < 4.78 is 5.39. The molecule has 4 rings (SSSR count). The Kier molecular flexibility index (Phi) is 5.62. The third-order valence-corrected chi connectivity index (χ3v) is 5.61. The van der Waals surface area contributed by atoms with E-state index in [9.17, 15) is 5.26 Å². The van der Waals surface area contributed by atoms with Crippen molar-refractivity contribution in [1.82, 2.24) is 15.3 Å². The molecule has 0 bridgehead atoms. The molecule has 2 saturated heterocycles. The Morgan fingerprint density at radius 3 is 2.82 bits per heavy atom. The molecule has 0 spiro atoms. The smallest absolute Gasteiger partial charge is 0.126 e. The van der Waals surface area contributed by atoms with Crippen LogP contribution in [0, 0.1) is 16.7 Å². The summed E-state index contributed by atoms with van der Waals surface area (Å²) in [4.78, 5) is 9.07. The largest absolute Gasteiger partial charge is 0.381 e. The second-order valence-corrected chi connectivity index (χ2v) is 7.72. The lowest BCUT2D eigenvalue weighted by atomic mass is 9.82. The number of rotatable bonds is 6. The summed E-state index contributed by atoms with van der Waals surface area (Å²) >= 11 is 6.39. The van der Waals surface area contributed by atoms with Gasteiger partial charge in [-0.3, -0.25) is 0 Å². The number of ether oxygens (including phenoxy) is 1. The fourth-order valence-electron chi connectivity index (χ4n) is 3.35. The minimum atomic E-state index is -0.405. The molecule has 28 heavy (non-hydrogen) atoms. The van der Waals surface area contributed by atoms with E-state index in [-0.39, 0.29) is 0 Å². The summed E-state index contributed by atoms with van der Waals surface area (Å²) in [5.41, 5.74) is 1.19. The van der Waals surface area contributed by atoms with Crippen LogP contribution in [0.15, 0.2) is 30.5 Å². The van der Waals surface area contributed by atoms with Gasteiger partial charge in [-0.1, -0.05) is 17.7 Å². The summed E-state index contributed by atoms with van der Waals surface area (Å²) in [6, 6.07) is 10.6. The summed E-state index contributed by atoms with van der Waals surface area (Å²) in [6.45, 7) is 3.67. The van der Waals surface area contributed by atoms with Gasteiger partial charge in [-0.15, -0.1) is 0 Å². The number of hydrogen-bond donors (Lipinski definition) is 3. The lowest BCUT2D eigenvalue weighted by molar-refractivity contribution is 0.0456. The van der Waals surface area contributed by atoms with Crippen molar-refractivity contribution in [3.8, 4) is 17.3 Å². The molecule has 7 nitrogen and oxygen atoms in total. The minimum Gasteiger partial charge on any atom is -0.381 e. The molecule has 146 valence electrons. The van der Waals surface area contributed by atoms with Crippen molar-refractivity contribution in [3.05, 3.63) is 35.5 Å². The molecule has 0 aliphatic carbocycles. The highest BCUT2D eigenvalue weighted by molar-refractivity contribution is 6.33. The molecule has 0 amide bonds. The molecule has 4 heterocycles. The summed E-state index contributed by atoms with van der Waals surface area (Å²) in [5.74, 6) is 1.51. The summed E-state index contributed by atoms with van der Waals surface area (Å²) in [6.07, 6.45) is 3.12. The highest BCUT2D eigenvalue weighted by Crippen LogP contribution is 2.31. The van der Waals surface area contributed by atoms with E-state index in [0.717, 1.165) is 48.8 Å². The zero-order valence-corrected chi connectivity index (χ0v) is 16.3. The van der Waals surface area contributed by atoms with Gasteiger partial charge in [0.25, 0.3) is 0 Å². The van der Waals surface area contributed by atoms with E-state index in [1.807, 2.05) is 24.3 Å². The highest BCUT2D eigenvalue weighted by Gasteiger charge is 2.32. The first-order valence-electron chi connectivity index (χ1n) is 9.51. The molecule has 2 aliphatic heterocycles. The number of aromatic nitrogens is 2. The average molecular weight is 399 g/mol. The van der Waals surface area contributed by atoms with E-state index >= 15 is 0 Å². The van der Waals surface area contributed by atoms with Gasteiger partial charge in [0.05, 0.1) is 28.2 Å². The Balaban J connectivity index is 1.50. The van der Waals surface area contributed by atoms with E-state index in [1.165, 1.54) is 0 Å². The number of nitrogens with zero attached hydrogens (tertiary/aromatic N) is 3. The molecule has 0 aromatic carbocycles. The first-order chi connectivity index (χ1) is 13.7. The van der Waals surface area contributed by atoms with Gasteiger partial charge in [-0.25, -0.2) is 9.97 Å². The van der Waals surface area contributed by atoms with Crippen LogP contribution in [0.25, 0.3) is 11.3 Å². The number of nitriles is 1. The van der Waals surface area contributed by atoms with Crippen molar-refractivity contribution >= 4 is 23.2 Å². The molecule has 2 aromatic heterocycles. The molecule has 2 aliphatic rings. The summed E-state index contributed by atoms with van der Waals surface area (Å²) in [7, 11) is 0. The Labute approximate surface area is 169 Å². The molecule has 0 atom stereocenters. The van der Waals surface area contributed by atoms with E-state index in [0.29, 0.717) is 30.8 Å². The quantitative estimate of drug-likeness (QED) is 0.688. The van der Waals surface area contributed by atoms with E-state index < -0.39 is 5.41 Å². The maximum Gasteiger partial charge on any atom is 0.126 e. The Morgan fingerprint density at radius 1 is 1.29 bits per heavy atom. The van der Waals surface area contributed by atoms with Crippen molar-refractivity contribution in [3.63, 3.8) is 0 Å². The van der Waals surface area contributed by atoms with Gasteiger partial charge in [-0.2, -0.15) is 5.26 Å². The molecule has 3 N–H and O–H groups in total. The van der Waals surface area contributed by atoms with Crippen LogP contribution < -0.4 is 16.0 Å². The fraction of sp³-hybridized carbons (Fsp3) is 0.450. The van der Waals surface area contributed by atoms with Gasteiger partial charge in [0.1, 0.15) is 11.6 Å². The first-order valence-corrected chi connectivity index (χ1v) is 9.88. The number of pyridine rings is 2. The second kappa shape index (κ2) is 8.31. The topological polar surface area (TPSA) is 94.9 Å². The monoisotopic (exact) mass is 398 g/mol. The number of nitrogens with one attached hydrogen (secondary N) is 3. The van der Waals surface area contributed by atoms with Crippen LogP contribution in [0.2, 0.25) is 5.02 Å². The van der Waals surface area contributed by atoms with Crippen LogP contribution in [-0.2, 0) is 4.74 Å². The Bertz CT molecular complexity index is 873. The summed E-state index contributed by atoms with van der Waals surface area (Å²) in [5, 5.41) is 20.1. The lowest BCUT2D eigenvalue weighted by Crippen LogP contribution is -2.51. The van der Waals surface area contributed by atoms with E-state index in [1.54, 1.807) is 6.20 Å². The number of anilines is 2. The molecular weight excluding hydrogens is 376 g/mol. The number of halogens is 1. The van der Waals surface area contributed by atoms with Gasteiger partial charge < -0.3 is 20.7 Å². The molecule has 0 unspecified atom stereocenters. The Hall–Kier alpha value is -2.40. The van der Waals surface area contributed by atoms with E-state index in [4.69, 9.17) is 21.3 Å². The molecule has 0 radical (unpaired) electrons. The van der Waals surface area contributed by atoms with Gasteiger partial charge in [0, 0.05) is 44.6 Å². The van der Waals surface area contributed by atoms with Gasteiger partial charge >= 0.3 is 0 Å². The third kappa shape index (κ3) is 4.20. The maximum absolute atomic E-state index is 9.61. The van der Waals surface area contributed by atoms with Crippen LogP contribution in [0.4, 0.5) is 11.6 Å². The Morgan fingerprint density at radius 2 is 2.11 bits per heavy atom. The van der Waals surface area contributed by atoms with Crippen LogP contribution >= 0.6 is 11.6 Å². The lowest BCUT2D eigenvalue weighted by Gasteiger charge is -2.30. The molecule has 2 aromatic rings. The zero-order valence-electron chi connectivity index (χ0n) is 15.5. The predicted octanol–water partition coefficient (Wildman–Crippen LogP) is 2.91. The van der Waals surface area contributed by atoms with Gasteiger partial charge in [-0.05, 0) is 31.0 Å². The van der Waals surface area contributed by atoms with Crippen LogP contribution in [-0.4, -0.2) is 48.9 Å². The normalized spacial score (nSPS) is 18.7. The molecule has 0 saturated carbocycles.